The first-order valence-electron chi connectivity index (χ1n) is 5.09. The van der Waals surface area contributed by atoms with Gasteiger partial charge in [0.15, 0.2) is 11.5 Å². The second-order valence-electron chi connectivity index (χ2n) is 4.30. The molecule has 0 aliphatic carbocycles. The SMILES string of the molecule is COC(C)(C)CCC(=O)c1ccc(C)o1. The van der Waals surface area contributed by atoms with Gasteiger partial charge in [0.05, 0.1) is 5.60 Å². The lowest BCUT2D eigenvalue weighted by Crippen LogP contribution is -2.23. The summed E-state index contributed by atoms with van der Waals surface area (Å²) < 4.78 is 10.5. The molecule has 0 N–H and O–H groups in total. The molecule has 84 valence electrons. The minimum absolute atomic E-state index is 0.0354. The Labute approximate surface area is 90.4 Å². The largest absolute Gasteiger partial charge is 0.458 e. The van der Waals surface area contributed by atoms with Crippen LogP contribution in [0.2, 0.25) is 0 Å². The number of ether oxygens (including phenoxy) is 1. The van der Waals surface area contributed by atoms with Gasteiger partial charge in [-0.25, -0.2) is 0 Å². The van der Waals surface area contributed by atoms with E-state index in [-0.39, 0.29) is 11.4 Å². The molecular formula is C12H18O3. The molecule has 0 radical (unpaired) electrons. The van der Waals surface area contributed by atoms with Crippen LogP contribution < -0.4 is 0 Å². The molecule has 0 atom stereocenters. The Morgan fingerprint density at radius 2 is 2.13 bits per heavy atom. The maximum Gasteiger partial charge on any atom is 0.198 e. The van der Waals surface area contributed by atoms with Crippen molar-refractivity contribution in [2.24, 2.45) is 0 Å². The van der Waals surface area contributed by atoms with Gasteiger partial charge in [0, 0.05) is 13.5 Å². The molecule has 1 heterocycles. The number of ketones is 1. The molecule has 1 rings (SSSR count). The van der Waals surface area contributed by atoms with E-state index >= 15 is 0 Å². The van der Waals surface area contributed by atoms with Gasteiger partial charge < -0.3 is 9.15 Å². The van der Waals surface area contributed by atoms with Gasteiger partial charge in [-0.15, -0.1) is 0 Å². The van der Waals surface area contributed by atoms with Crippen LogP contribution in [0.1, 0.15) is 43.0 Å². The van der Waals surface area contributed by atoms with Crippen LogP contribution in [0.3, 0.4) is 0 Å². The number of rotatable bonds is 5. The Hall–Kier alpha value is -1.09. The summed E-state index contributed by atoms with van der Waals surface area (Å²) in [7, 11) is 1.65. The first-order valence-corrected chi connectivity index (χ1v) is 5.09. The zero-order valence-electron chi connectivity index (χ0n) is 9.79. The number of Topliss-reactive ketones (excluding diaryl/α,β-unsaturated/α-hetero) is 1. The van der Waals surface area contributed by atoms with E-state index in [1.54, 1.807) is 19.2 Å². The third kappa shape index (κ3) is 3.51. The molecule has 3 nitrogen and oxygen atoms in total. The Morgan fingerprint density at radius 1 is 1.47 bits per heavy atom. The fraction of sp³-hybridized carbons (Fsp3) is 0.583. The Bertz CT molecular complexity index is 336. The molecule has 0 aliphatic rings. The number of aryl methyl sites for hydroxylation is 1. The number of hydrogen-bond acceptors (Lipinski definition) is 3. The van der Waals surface area contributed by atoms with Crippen molar-refractivity contribution in [3.63, 3.8) is 0 Å². The lowest BCUT2D eigenvalue weighted by atomic mass is 10.00. The van der Waals surface area contributed by atoms with Crippen LogP contribution in [0.25, 0.3) is 0 Å². The summed E-state index contributed by atoms with van der Waals surface area (Å²) in [6.45, 7) is 5.76. The number of furan rings is 1. The van der Waals surface area contributed by atoms with Gasteiger partial charge in [-0.2, -0.15) is 0 Å². The van der Waals surface area contributed by atoms with Gasteiger partial charge >= 0.3 is 0 Å². The molecule has 3 heteroatoms. The van der Waals surface area contributed by atoms with Crippen molar-refractivity contribution < 1.29 is 13.9 Å². The van der Waals surface area contributed by atoms with Gasteiger partial charge in [-0.05, 0) is 39.3 Å². The maximum atomic E-state index is 11.7. The quantitative estimate of drug-likeness (QED) is 0.701. The topological polar surface area (TPSA) is 39.4 Å². The van der Waals surface area contributed by atoms with E-state index in [4.69, 9.17) is 9.15 Å². The molecule has 0 unspecified atom stereocenters. The molecule has 0 fully saturated rings. The van der Waals surface area contributed by atoms with E-state index in [2.05, 4.69) is 0 Å². The van der Waals surface area contributed by atoms with Crippen LogP contribution in [-0.4, -0.2) is 18.5 Å². The number of carbonyl (C=O) groups excluding carboxylic acids is 1. The van der Waals surface area contributed by atoms with Crippen molar-refractivity contribution >= 4 is 5.78 Å². The molecule has 0 saturated heterocycles. The summed E-state index contributed by atoms with van der Waals surface area (Å²) in [6.07, 6.45) is 1.15. The maximum absolute atomic E-state index is 11.7. The standard InChI is InChI=1S/C12H18O3/c1-9-5-6-11(15-9)10(13)7-8-12(2,3)14-4/h5-6H,7-8H2,1-4H3. The van der Waals surface area contributed by atoms with Crippen molar-refractivity contribution in [3.8, 4) is 0 Å². The van der Waals surface area contributed by atoms with Gasteiger partial charge in [-0.1, -0.05) is 0 Å². The fourth-order valence-corrected chi connectivity index (χ4v) is 1.22. The van der Waals surface area contributed by atoms with Crippen LogP contribution in [0, 0.1) is 6.92 Å². The van der Waals surface area contributed by atoms with E-state index in [1.165, 1.54) is 0 Å². The Morgan fingerprint density at radius 3 is 2.60 bits per heavy atom. The highest BCUT2D eigenvalue weighted by Crippen LogP contribution is 2.18. The second kappa shape index (κ2) is 4.62. The van der Waals surface area contributed by atoms with Crippen molar-refractivity contribution in [2.45, 2.75) is 39.2 Å². The molecule has 1 aromatic heterocycles. The summed E-state index contributed by atoms with van der Waals surface area (Å²) in [5.41, 5.74) is -0.253. The Kier molecular flexibility index (Phi) is 3.69. The average Bonchev–Trinajstić information content (AvgIpc) is 2.61. The first-order chi connectivity index (χ1) is 6.94. The highest BCUT2D eigenvalue weighted by Gasteiger charge is 2.19. The lowest BCUT2D eigenvalue weighted by Gasteiger charge is -2.21. The normalized spacial score (nSPS) is 11.7. The van der Waals surface area contributed by atoms with E-state index in [0.29, 0.717) is 18.6 Å². The molecule has 0 aromatic carbocycles. The Balaban J connectivity index is 2.50. The van der Waals surface area contributed by atoms with Crippen LogP contribution >= 0.6 is 0 Å². The highest BCUT2D eigenvalue weighted by atomic mass is 16.5. The van der Waals surface area contributed by atoms with E-state index in [1.807, 2.05) is 20.8 Å². The molecule has 0 spiro atoms. The van der Waals surface area contributed by atoms with Crippen molar-refractivity contribution in [2.75, 3.05) is 7.11 Å². The van der Waals surface area contributed by atoms with Crippen LogP contribution in [0.15, 0.2) is 16.5 Å². The molecule has 15 heavy (non-hydrogen) atoms. The molecule has 0 aliphatic heterocycles. The van der Waals surface area contributed by atoms with Crippen molar-refractivity contribution in [1.29, 1.82) is 0 Å². The fourth-order valence-electron chi connectivity index (χ4n) is 1.22. The molecule has 1 aromatic rings. The smallest absolute Gasteiger partial charge is 0.198 e. The van der Waals surface area contributed by atoms with E-state index in [9.17, 15) is 4.79 Å². The summed E-state index contributed by atoms with van der Waals surface area (Å²) in [5, 5.41) is 0. The molecular weight excluding hydrogens is 192 g/mol. The lowest BCUT2D eigenvalue weighted by molar-refractivity contribution is 0.0139. The number of methoxy groups -OCH3 is 1. The number of carbonyl (C=O) groups is 1. The average molecular weight is 210 g/mol. The van der Waals surface area contributed by atoms with Crippen molar-refractivity contribution in [3.05, 3.63) is 23.7 Å². The monoisotopic (exact) mass is 210 g/mol. The molecule has 0 bridgehead atoms. The van der Waals surface area contributed by atoms with E-state index < -0.39 is 0 Å². The minimum atomic E-state index is -0.253. The summed E-state index contributed by atoms with van der Waals surface area (Å²) in [6, 6.07) is 3.52. The van der Waals surface area contributed by atoms with E-state index in [0.717, 1.165) is 5.76 Å². The third-order valence-corrected chi connectivity index (χ3v) is 2.52. The summed E-state index contributed by atoms with van der Waals surface area (Å²) >= 11 is 0. The summed E-state index contributed by atoms with van der Waals surface area (Å²) in [5.74, 6) is 1.25. The predicted molar refractivity (Wildman–Crippen MR) is 58.1 cm³/mol. The van der Waals surface area contributed by atoms with Crippen LogP contribution in [0.4, 0.5) is 0 Å². The van der Waals surface area contributed by atoms with Crippen LogP contribution in [0.5, 0.6) is 0 Å². The minimum Gasteiger partial charge on any atom is -0.458 e. The van der Waals surface area contributed by atoms with Gasteiger partial charge in [0.25, 0.3) is 0 Å². The first kappa shape index (κ1) is 12.0. The zero-order chi connectivity index (χ0) is 11.5. The van der Waals surface area contributed by atoms with Gasteiger partial charge in [-0.3, -0.25) is 4.79 Å². The van der Waals surface area contributed by atoms with Gasteiger partial charge in [0.1, 0.15) is 5.76 Å². The van der Waals surface area contributed by atoms with Gasteiger partial charge in [0.2, 0.25) is 0 Å². The van der Waals surface area contributed by atoms with Crippen LogP contribution in [-0.2, 0) is 4.74 Å². The zero-order valence-corrected chi connectivity index (χ0v) is 9.79. The third-order valence-electron chi connectivity index (χ3n) is 2.52. The predicted octanol–water partition coefficient (Wildman–Crippen LogP) is 2.98. The highest BCUT2D eigenvalue weighted by molar-refractivity contribution is 5.93. The summed E-state index contributed by atoms with van der Waals surface area (Å²) in [4.78, 5) is 11.7. The number of hydrogen-bond donors (Lipinski definition) is 0. The van der Waals surface area contributed by atoms with Crippen molar-refractivity contribution in [1.82, 2.24) is 0 Å². The molecule has 0 saturated carbocycles. The second-order valence-corrected chi connectivity index (χ2v) is 4.30. The molecule has 0 amide bonds.